The van der Waals surface area contributed by atoms with Crippen molar-refractivity contribution in [1.29, 1.82) is 0 Å². The third kappa shape index (κ3) is 5.65. The third-order valence-electron chi connectivity index (χ3n) is 8.68. The van der Waals surface area contributed by atoms with Gasteiger partial charge in [0.05, 0.1) is 42.9 Å². The number of alkyl halides is 1. The first-order valence-corrected chi connectivity index (χ1v) is 16.2. The molecular formula is C33H37BrN2O6S. The molecule has 2 aromatic rings. The summed E-state index contributed by atoms with van der Waals surface area (Å²) < 4.78 is 10.1. The van der Waals surface area contributed by atoms with E-state index in [9.17, 15) is 19.5 Å². The molecule has 0 aromatic heterocycles. The molecular weight excluding hydrogens is 632 g/mol. The Hall–Kier alpha value is -3.08. The maximum Gasteiger partial charge on any atom is 0.310 e. The topological polar surface area (TPSA) is 96.4 Å². The molecule has 0 aliphatic carbocycles. The van der Waals surface area contributed by atoms with Crippen LogP contribution in [0.1, 0.15) is 18.4 Å². The molecule has 5 rings (SSSR count). The van der Waals surface area contributed by atoms with Gasteiger partial charge in [0, 0.05) is 22.3 Å². The number of carbonyl (C=O) groups is 3. The summed E-state index contributed by atoms with van der Waals surface area (Å²) in [6, 6.07) is 15.2. The van der Waals surface area contributed by atoms with Gasteiger partial charge in [0.25, 0.3) is 5.91 Å². The molecule has 43 heavy (non-hydrogen) atoms. The van der Waals surface area contributed by atoms with Crippen LogP contribution in [-0.4, -0.2) is 81.6 Å². The number of esters is 1. The standard InChI is InChI=1S/C33H37BrN2O6S/c1-4-6-17-42-32(40)26-27-30(38)36(23(20-37)18-21-10-8-7-9-11-21)29(33(27)19-25(34)28(26)43-33)31(39)35(16-5-2)22-12-14-24(41-3)15-13-22/h4-5,7-15,23,25-29,37H,1-2,6,16-20H2,3H3/t23-,25?,26-,27+,28-,29?,33?/m1/s1. The Morgan fingerprint density at radius 3 is 2.53 bits per heavy atom. The number of likely N-dealkylation sites (tertiary alicyclic amines) is 1. The Labute approximate surface area is 265 Å². The van der Waals surface area contributed by atoms with Crippen molar-refractivity contribution in [2.45, 2.75) is 46.2 Å². The third-order valence-corrected chi connectivity index (χ3v) is 11.9. The fraction of sp³-hybridized carbons (Fsp3) is 0.424. The fourth-order valence-electron chi connectivity index (χ4n) is 6.85. The van der Waals surface area contributed by atoms with Crippen molar-refractivity contribution in [2.24, 2.45) is 11.8 Å². The first-order chi connectivity index (χ1) is 20.8. The number of benzene rings is 2. The summed E-state index contributed by atoms with van der Waals surface area (Å²) in [5.74, 6) is -1.82. The molecule has 0 saturated carbocycles. The molecule has 3 aliphatic heterocycles. The van der Waals surface area contributed by atoms with Crippen molar-refractivity contribution in [2.75, 3.05) is 31.8 Å². The van der Waals surface area contributed by atoms with E-state index in [1.807, 2.05) is 30.3 Å². The van der Waals surface area contributed by atoms with Gasteiger partial charge < -0.3 is 24.4 Å². The van der Waals surface area contributed by atoms with Crippen molar-refractivity contribution in [1.82, 2.24) is 4.90 Å². The second kappa shape index (κ2) is 13.3. The molecule has 3 unspecified atom stereocenters. The number of anilines is 1. The summed E-state index contributed by atoms with van der Waals surface area (Å²) in [5.41, 5.74) is 1.57. The van der Waals surface area contributed by atoms with Gasteiger partial charge in [-0.1, -0.05) is 58.4 Å². The Balaban J connectivity index is 1.59. The first-order valence-electron chi connectivity index (χ1n) is 14.4. The fourth-order valence-corrected chi connectivity index (χ4v) is 10.4. The van der Waals surface area contributed by atoms with Gasteiger partial charge in [-0.05, 0) is 49.1 Å². The highest BCUT2D eigenvalue weighted by Crippen LogP contribution is 2.68. The maximum atomic E-state index is 14.9. The van der Waals surface area contributed by atoms with Crippen molar-refractivity contribution >= 4 is 51.2 Å². The van der Waals surface area contributed by atoms with E-state index >= 15 is 0 Å². The van der Waals surface area contributed by atoms with Crippen LogP contribution in [0.25, 0.3) is 0 Å². The van der Waals surface area contributed by atoms with Crippen LogP contribution in [0.3, 0.4) is 0 Å². The molecule has 0 radical (unpaired) electrons. The molecule has 2 aromatic carbocycles. The Kier molecular flexibility index (Phi) is 9.68. The van der Waals surface area contributed by atoms with E-state index in [1.165, 1.54) is 0 Å². The van der Waals surface area contributed by atoms with E-state index in [0.717, 1.165) is 5.56 Å². The zero-order valence-corrected chi connectivity index (χ0v) is 26.5. The largest absolute Gasteiger partial charge is 0.497 e. The Morgan fingerprint density at radius 1 is 1.19 bits per heavy atom. The molecule has 10 heteroatoms. The van der Waals surface area contributed by atoms with Crippen molar-refractivity contribution in [3.8, 4) is 5.75 Å². The number of amides is 2. The number of carbonyl (C=O) groups excluding carboxylic acids is 3. The second-order valence-electron chi connectivity index (χ2n) is 11.1. The summed E-state index contributed by atoms with van der Waals surface area (Å²) in [5, 5.41) is 10.5. The van der Waals surface area contributed by atoms with Crippen molar-refractivity contribution < 1.29 is 29.0 Å². The van der Waals surface area contributed by atoms with E-state index in [4.69, 9.17) is 9.47 Å². The molecule has 3 saturated heterocycles. The summed E-state index contributed by atoms with van der Waals surface area (Å²) in [4.78, 5) is 46.1. The number of hydrogen-bond acceptors (Lipinski definition) is 7. The number of halogens is 1. The van der Waals surface area contributed by atoms with Crippen LogP contribution in [0.4, 0.5) is 5.69 Å². The van der Waals surface area contributed by atoms with Crippen LogP contribution in [0, 0.1) is 11.8 Å². The highest BCUT2D eigenvalue weighted by molar-refractivity contribution is 9.09. The number of aliphatic hydroxyl groups is 1. The van der Waals surface area contributed by atoms with Crippen LogP contribution >= 0.6 is 27.7 Å². The SMILES string of the molecule is C=CCCOC(=O)[C@H]1[C@@H]2SC3(CC2Br)C(C(=O)N(CC=C)c2ccc(OC)cc2)N([C@@H](CO)Cc2ccccc2)C(=O)[C@H]13. The van der Waals surface area contributed by atoms with E-state index in [2.05, 4.69) is 29.1 Å². The Bertz CT molecular complexity index is 1360. The van der Waals surface area contributed by atoms with Crippen LogP contribution in [0.2, 0.25) is 0 Å². The number of hydrogen-bond donors (Lipinski definition) is 1. The number of rotatable bonds is 13. The monoisotopic (exact) mass is 668 g/mol. The number of aliphatic hydroxyl groups excluding tert-OH is 1. The van der Waals surface area contributed by atoms with Crippen molar-refractivity contribution in [3.05, 3.63) is 85.5 Å². The van der Waals surface area contributed by atoms with Gasteiger partial charge >= 0.3 is 5.97 Å². The summed E-state index contributed by atoms with van der Waals surface area (Å²) in [6.45, 7) is 7.64. The lowest BCUT2D eigenvalue weighted by Gasteiger charge is -2.40. The summed E-state index contributed by atoms with van der Waals surface area (Å²) in [6.07, 6.45) is 4.72. The molecule has 228 valence electrons. The molecule has 3 heterocycles. The van der Waals surface area contributed by atoms with Gasteiger partial charge in [-0.3, -0.25) is 14.4 Å². The average Bonchev–Trinajstić information content (AvgIpc) is 3.62. The smallest absolute Gasteiger partial charge is 0.310 e. The van der Waals surface area contributed by atoms with Crippen LogP contribution in [0.5, 0.6) is 5.75 Å². The lowest BCUT2D eigenvalue weighted by atomic mass is 9.71. The van der Waals surface area contributed by atoms with E-state index in [-0.39, 0.29) is 41.6 Å². The second-order valence-corrected chi connectivity index (χ2v) is 13.8. The number of ether oxygens (including phenoxy) is 2. The molecule has 3 fully saturated rings. The van der Waals surface area contributed by atoms with Gasteiger partial charge in [0.1, 0.15) is 11.8 Å². The average molecular weight is 670 g/mol. The summed E-state index contributed by atoms with van der Waals surface area (Å²) in [7, 11) is 1.58. The Morgan fingerprint density at radius 2 is 1.91 bits per heavy atom. The number of fused-ring (bicyclic) bond motifs is 1. The van der Waals surface area contributed by atoms with E-state index in [1.54, 1.807) is 65.1 Å². The van der Waals surface area contributed by atoms with Crippen LogP contribution < -0.4 is 9.64 Å². The minimum atomic E-state index is -0.922. The highest BCUT2D eigenvalue weighted by atomic mass is 79.9. The minimum absolute atomic E-state index is 0.0932. The van der Waals surface area contributed by atoms with Gasteiger partial charge in [-0.15, -0.1) is 24.9 Å². The zero-order chi connectivity index (χ0) is 30.7. The zero-order valence-electron chi connectivity index (χ0n) is 24.1. The number of thioether (sulfide) groups is 1. The molecule has 3 aliphatic rings. The van der Waals surface area contributed by atoms with E-state index in [0.29, 0.717) is 30.7 Å². The highest BCUT2D eigenvalue weighted by Gasteiger charge is 2.76. The lowest BCUT2D eigenvalue weighted by molar-refractivity contribution is -0.154. The van der Waals surface area contributed by atoms with Crippen LogP contribution in [-0.2, 0) is 25.5 Å². The number of nitrogens with zero attached hydrogens (tertiary/aromatic N) is 2. The molecule has 1 N–H and O–H groups in total. The maximum absolute atomic E-state index is 14.9. The van der Waals surface area contributed by atoms with Gasteiger partial charge in [0.15, 0.2) is 0 Å². The van der Waals surface area contributed by atoms with Gasteiger partial charge in [0.2, 0.25) is 5.91 Å². The predicted molar refractivity (Wildman–Crippen MR) is 171 cm³/mol. The molecule has 2 bridgehead atoms. The summed E-state index contributed by atoms with van der Waals surface area (Å²) >= 11 is 5.33. The molecule has 2 amide bonds. The quantitative estimate of drug-likeness (QED) is 0.146. The predicted octanol–water partition coefficient (Wildman–Crippen LogP) is 4.40. The lowest BCUT2D eigenvalue weighted by Crippen LogP contribution is -2.58. The molecule has 1 spiro atoms. The van der Waals surface area contributed by atoms with Crippen LogP contribution in [0.15, 0.2) is 79.9 Å². The normalized spacial score (nSPS) is 27.8. The van der Waals surface area contributed by atoms with Gasteiger partial charge in [-0.2, -0.15) is 0 Å². The molecule has 7 atom stereocenters. The van der Waals surface area contributed by atoms with E-state index < -0.39 is 34.6 Å². The van der Waals surface area contributed by atoms with Crippen molar-refractivity contribution in [3.63, 3.8) is 0 Å². The molecule has 8 nitrogen and oxygen atoms in total. The first kappa shape index (κ1) is 31.3. The van der Waals surface area contributed by atoms with Gasteiger partial charge in [-0.25, -0.2) is 0 Å². The minimum Gasteiger partial charge on any atom is -0.497 e. The number of methoxy groups -OCH3 is 1.